The minimum absolute atomic E-state index is 0.314. The number of aromatic nitrogens is 1. The van der Waals surface area contributed by atoms with E-state index in [9.17, 15) is 14.0 Å². The van der Waals surface area contributed by atoms with Crippen LogP contribution < -0.4 is 0 Å². The second-order valence-electron chi connectivity index (χ2n) is 4.67. The number of rotatable bonds is 2. The summed E-state index contributed by atoms with van der Waals surface area (Å²) < 4.78 is 19.2. The van der Waals surface area contributed by atoms with Crippen molar-refractivity contribution in [2.24, 2.45) is 5.92 Å². The number of carbonyl (C=O) groups is 2. The molecule has 2 atom stereocenters. The van der Waals surface area contributed by atoms with Gasteiger partial charge in [0.25, 0.3) is 0 Å². The van der Waals surface area contributed by atoms with Crippen molar-refractivity contribution in [3.8, 4) is 0 Å². The van der Waals surface area contributed by atoms with Gasteiger partial charge in [0.05, 0.1) is 7.11 Å². The Hall–Kier alpha value is -2.43. The summed E-state index contributed by atoms with van der Waals surface area (Å²) in [7, 11) is 1.25. The lowest BCUT2D eigenvalue weighted by Crippen LogP contribution is -2.27. The molecule has 1 aliphatic rings. The number of methoxy groups -OCH3 is 1. The second kappa shape index (κ2) is 4.59. The Bertz CT molecular complexity index is 675. The van der Waals surface area contributed by atoms with Crippen LogP contribution in [0, 0.1) is 11.7 Å². The van der Waals surface area contributed by atoms with E-state index in [4.69, 9.17) is 4.74 Å². The van der Waals surface area contributed by atoms with Gasteiger partial charge >= 0.3 is 5.97 Å². The number of ether oxygens (including phenoxy) is 1. The van der Waals surface area contributed by atoms with Crippen LogP contribution in [-0.4, -0.2) is 23.6 Å². The molecule has 0 saturated carbocycles. The predicted octanol–water partition coefficient (Wildman–Crippen LogP) is 2.20. The van der Waals surface area contributed by atoms with E-state index in [2.05, 4.69) is 0 Å². The van der Waals surface area contributed by atoms with Gasteiger partial charge in [-0.05, 0) is 29.8 Å². The molecule has 0 bridgehead atoms. The van der Waals surface area contributed by atoms with E-state index in [1.807, 2.05) is 0 Å². The zero-order valence-corrected chi connectivity index (χ0v) is 10.7. The minimum atomic E-state index is -0.915. The molecule has 1 aromatic heterocycles. The molecule has 0 fully saturated rings. The molecule has 5 heteroatoms. The largest absolute Gasteiger partial charge is 0.468 e. The molecule has 102 valence electrons. The summed E-state index contributed by atoms with van der Waals surface area (Å²) in [6.45, 7) is 0. The molecular weight excluding hydrogens is 261 g/mol. The van der Waals surface area contributed by atoms with Crippen molar-refractivity contribution in [1.29, 1.82) is 0 Å². The third-order valence-electron chi connectivity index (χ3n) is 3.62. The fourth-order valence-electron chi connectivity index (χ4n) is 2.71. The van der Waals surface area contributed by atoms with Crippen LogP contribution in [0.1, 0.15) is 22.0 Å². The van der Waals surface area contributed by atoms with Crippen molar-refractivity contribution in [3.05, 3.63) is 59.7 Å². The van der Waals surface area contributed by atoms with Crippen LogP contribution in [0.5, 0.6) is 0 Å². The molecule has 0 spiro atoms. The van der Waals surface area contributed by atoms with Crippen LogP contribution in [0.4, 0.5) is 4.39 Å². The lowest BCUT2D eigenvalue weighted by atomic mass is 9.86. The SMILES string of the molecule is COC(=O)C1C(=O)n2cccc2C1c1ccc(F)cc1. The van der Waals surface area contributed by atoms with Gasteiger partial charge in [-0.25, -0.2) is 4.39 Å². The van der Waals surface area contributed by atoms with E-state index < -0.39 is 17.8 Å². The summed E-state index contributed by atoms with van der Waals surface area (Å²) in [5.74, 6) is -2.60. The molecule has 20 heavy (non-hydrogen) atoms. The Labute approximate surface area is 114 Å². The van der Waals surface area contributed by atoms with Crippen molar-refractivity contribution in [2.75, 3.05) is 7.11 Å². The molecule has 1 aliphatic heterocycles. The number of halogens is 1. The van der Waals surface area contributed by atoms with Crippen molar-refractivity contribution in [1.82, 2.24) is 4.57 Å². The zero-order valence-electron chi connectivity index (χ0n) is 10.7. The predicted molar refractivity (Wildman–Crippen MR) is 68.8 cm³/mol. The Morgan fingerprint density at radius 3 is 2.60 bits per heavy atom. The second-order valence-corrected chi connectivity index (χ2v) is 4.67. The number of benzene rings is 1. The van der Waals surface area contributed by atoms with Gasteiger partial charge in [-0.15, -0.1) is 0 Å². The number of esters is 1. The first-order valence-electron chi connectivity index (χ1n) is 6.18. The van der Waals surface area contributed by atoms with E-state index in [0.29, 0.717) is 5.56 Å². The Morgan fingerprint density at radius 1 is 1.25 bits per heavy atom. The molecule has 0 saturated heterocycles. The topological polar surface area (TPSA) is 48.3 Å². The van der Waals surface area contributed by atoms with Gasteiger partial charge in [0.15, 0.2) is 0 Å². The molecule has 4 nitrogen and oxygen atoms in total. The maximum absolute atomic E-state index is 13.0. The van der Waals surface area contributed by atoms with Crippen LogP contribution in [0.2, 0.25) is 0 Å². The quantitative estimate of drug-likeness (QED) is 0.622. The monoisotopic (exact) mass is 273 g/mol. The van der Waals surface area contributed by atoms with Gasteiger partial charge in [-0.1, -0.05) is 12.1 Å². The van der Waals surface area contributed by atoms with E-state index in [1.54, 1.807) is 30.5 Å². The molecule has 0 N–H and O–H groups in total. The highest BCUT2D eigenvalue weighted by Gasteiger charge is 2.45. The maximum Gasteiger partial charge on any atom is 0.319 e. The highest BCUT2D eigenvalue weighted by molar-refractivity contribution is 6.03. The standard InChI is InChI=1S/C15H12FNO3/c1-20-15(19)13-12(9-4-6-10(16)7-5-9)11-3-2-8-17(11)14(13)18/h2-8,12-13H,1H3. The van der Waals surface area contributed by atoms with Crippen LogP contribution in [0.25, 0.3) is 0 Å². The van der Waals surface area contributed by atoms with Crippen LogP contribution in [0.3, 0.4) is 0 Å². The molecule has 1 aromatic carbocycles. The normalized spacial score (nSPS) is 20.8. The molecule has 2 heterocycles. The average molecular weight is 273 g/mol. The van der Waals surface area contributed by atoms with Gasteiger partial charge in [-0.3, -0.25) is 14.2 Å². The van der Waals surface area contributed by atoms with E-state index in [0.717, 1.165) is 5.69 Å². The first kappa shape index (κ1) is 12.6. The number of nitrogens with zero attached hydrogens (tertiary/aromatic N) is 1. The lowest BCUT2D eigenvalue weighted by Gasteiger charge is -2.16. The van der Waals surface area contributed by atoms with Crippen molar-refractivity contribution in [3.63, 3.8) is 0 Å². The molecule has 3 rings (SSSR count). The Morgan fingerprint density at radius 2 is 1.95 bits per heavy atom. The van der Waals surface area contributed by atoms with Gasteiger partial charge in [0.1, 0.15) is 11.7 Å². The average Bonchev–Trinajstić information content (AvgIpc) is 3.02. The number of carbonyl (C=O) groups excluding carboxylic acids is 2. The highest BCUT2D eigenvalue weighted by Crippen LogP contribution is 2.39. The van der Waals surface area contributed by atoms with Crippen LogP contribution in [-0.2, 0) is 9.53 Å². The molecule has 0 radical (unpaired) electrons. The van der Waals surface area contributed by atoms with Crippen molar-refractivity contribution < 1.29 is 18.7 Å². The van der Waals surface area contributed by atoms with Crippen molar-refractivity contribution >= 4 is 11.9 Å². The molecule has 2 unspecified atom stereocenters. The van der Waals surface area contributed by atoms with Crippen molar-refractivity contribution in [2.45, 2.75) is 5.92 Å². The van der Waals surface area contributed by atoms with Crippen LogP contribution >= 0.6 is 0 Å². The first-order chi connectivity index (χ1) is 9.63. The summed E-state index contributed by atoms with van der Waals surface area (Å²) in [5.41, 5.74) is 1.43. The number of hydrogen-bond donors (Lipinski definition) is 0. The molecular formula is C15H12FNO3. The molecule has 2 aromatic rings. The van der Waals surface area contributed by atoms with E-state index >= 15 is 0 Å². The van der Waals surface area contributed by atoms with Gasteiger partial charge in [-0.2, -0.15) is 0 Å². The summed E-state index contributed by atoms with van der Waals surface area (Å²) in [4.78, 5) is 24.2. The number of fused-ring (bicyclic) bond motifs is 1. The summed E-state index contributed by atoms with van der Waals surface area (Å²) in [6, 6.07) is 9.35. The van der Waals surface area contributed by atoms with E-state index in [-0.39, 0.29) is 11.7 Å². The van der Waals surface area contributed by atoms with Gasteiger partial charge in [0.2, 0.25) is 5.91 Å². The summed E-state index contributed by atoms with van der Waals surface area (Å²) in [5, 5.41) is 0. The summed E-state index contributed by atoms with van der Waals surface area (Å²) >= 11 is 0. The number of hydrogen-bond acceptors (Lipinski definition) is 3. The summed E-state index contributed by atoms with van der Waals surface area (Å²) in [6.07, 6.45) is 1.62. The molecule has 0 aliphatic carbocycles. The molecule has 0 amide bonds. The highest BCUT2D eigenvalue weighted by atomic mass is 19.1. The van der Waals surface area contributed by atoms with E-state index in [1.165, 1.54) is 23.8 Å². The van der Waals surface area contributed by atoms with Gasteiger partial charge < -0.3 is 4.74 Å². The maximum atomic E-state index is 13.0. The Kier molecular flexibility index (Phi) is 2.89. The third-order valence-corrected chi connectivity index (χ3v) is 3.62. The smallest absolute Gasteiger partial charge is 0.319 e. The third kappa shape index (κ3) is 1.74. The van der Waals surface area contributed by atoms with Gasteiger partial charge in [0, 0.05) is 17.8 Å². The fraction of sp³-hybridized carbons (Fsp3) is 0.200. The minimum Gasteiger partial charge on any atom is -0.468 e. The lowest BCUT2D eigenvalue weighted by molar-refractivity contribution is -0.143. The zero-order chi connectivity index (χ0) is 14.3. The first-order valence-corrected chi connectivity index (χ1v) is 6.18. The van der Waals surface area contributed by atoms with Crippen LogP contribution in [0.15, 0.2) is 42.6 Å². The Balaban J connectivity index is 2.12. The fourth-order valence-corrected chi connectivity index (χ4v) is 2.71.